The smallest absolute Gasteiger partial charge is 0.318 e. The standard InChI is InChI=1S/C20H21Cl2N5O/c1-12-18(25-11-24-12)13-5-7-27(8-6-13)19-16(10-23-20(26-19)28-2)15-4-3-14(21)9-17(15)22/h3-4,9-11,13H,5-8H2,1-2H3,(H,24,25). The molecule has 1 fully saturated rings. The maximum atomic E-state index is 6.46. The minimum absolute atomic E-state index is 0.342. The quantitative estimate of drug-likeness (QED) is 0.655. The molecule has 0 saturated carbocycles. The average molecular weight is 418 g/mol. The van der Waals surface area contributed by atoms with Crippen molar-refractivity contribution < 1.29 is 4.74 Å². The molecule has 0 aliphatic carbocycles. The maximum absolute atomic E-state index is 6.46. The van der Waals surface area contributed by atoms with Crippen molar-refractivity contribution in [2.45, 2.75) is 25.7 Å². The van der Waals surface area contributed by atoms with Gasteiger partial charge in [-0.25, -0.2) is 9.97 Å². The Morgan fingerprint density at radius 2 is 1.93 bits per heavy atom. The first-order chi connectivity index (χ1) is 13.6. The number of aryl methyl sites for hydroxylation is 1. The molecule has 3 aromatic rings. The Hall–Kier alpha value is -2.31. The number of benzene rings is 1. The number of hydrogen-bond donors (Lipinski definition) is 1. The van der Waals surface area contributed by atoms with Gasteiger partial charge in [0, 0.05) is 47.0 Å². The van der Waals surface area contributed by atoms with Gasteiger partial charge in [-0.05, 0) is 31.9 Å². The number of nitrogens with zero attached hydrogens (tertiary/aromatic N) is 4. The molecule has 1 aliphatic rings. The van der Waals surface area contributed by atoms with Crippen LogP contribution < -0.4 is 9.64 Å². The van der Waals surface area contributed by atoms with Crippen LogP contribution in [0.1, 0.15) is 30.1 Å². The molecular formula is C20H21Cl2N5O. The zero-order chi connectivity index (χ0) is 19.7. The molecule has 1 saturated heterocycles. The Labute approximate surface area is 173 Å². The monoisotopic (exact) mass is 417 g/mol. The molecule has 1 aliphatic heterocycles. The lowest BCUT2D eigenvalue weighted by molar-refractivity contribution is 0.379. The Morgan fingerprint density at radius 1 is 1.14 bits per heavy atom. The fourth-order valence-electron chi connectivity index (χ4n) is 3.74. The van der Waals surface area contributed by atoms with Crippen LogP contribution in [0.4, 0.5) is 5.82 Å². The molecule has 1 aromatic carbocycles. The molecule has 8 heteroatoms. The molecule has 4 rings (SSSR count). The van der Waals surface area contributed by atoms with Crippen LogP contribution in [0, 0.1) is 6.92 Å². The van der Waals surface area contributed by atoms with Gasteiger partial charge in [-0.3, -0.25) is 0 Å². The molecule has 1 N–H and O–H groups in total. The van der Waals surface area contributed by atoms with Gasteiger partial charge in [0.2, 0.25) is 0 Å². The second-order valence-corrected chi connectivity index (χ2v) is 7.74. The van der Waals surface area contributed by atoms with Crippen LogP contribution in [0.3, 0.4) is 0 Å². The number of aromatic amines is 1. The van der Waals surface area contributed by atoms with E-state index < -0.39 is 0 Å². The van der Waals surface area contributed by atoms with Crippen molar-refractivity contribution >= 4 is 29.0 Å². The molecular weight excluding hydrogens is 397 g/mol. The summed E-state index contributed by atoms with van der Waals surface area (Å²) in [7, 11) is 1.57. The van der Waals surface area contributed by atoms with Gasteiger partial charge in [-0.2, -0.15) is 4.98 Å². The normalized spacial score (nSPS) is 15.1. The zero-order valence-electron chi connectivity index (χ0n) is 15.7. The number of ether oxygens (including phenoxy) is 1. The van der Waals surface area contributed by atoms with E-state index in [9.17, 15) is 0 Å². The van der Waals surface area contributed by atoms with Crippen molar-refractivity contribution in [3.05, 3.63) is 52.2 Å². The summed E-state index contributed by atoms with van der Waals surface area (Å²) < 4.78 is 5.26. The van der Waals surface area contributed by atoms with E-state index in [1.54, 1.807) is 25.7 Å². The fourth-order valence-corrected chi connectivity index (χ4v) is 4.25. The molecule has 0 bridgehead atoms. The molecule has 0 atom stereocenters. The lowest BCUT2D eigenvalue weighted by atomic mass is 9.92. The Morgan fingerprint density at radius 3 is 2.57 bits per heavy atom. The van der Waals surface area contributed by atoms with Gasteiger partial charge in [0.15, 0.2) is 0 Å². The molecule has 3 heterocycles. The van der Waals surface area contributed by atoms with Crippen molar-refractivity contribution in [2.75, 3.05) is 25.1 Å². The van der Waals surface area contributed by atoms with Crippen LogP contribution in [0.2, 0.25) is 10.0 Å². The van der Waals surface area contributed by atoms with E-state index in [0.717, 1.165) is 48.6 Å². The summed E-state index contributed by atoms with van der Waals surface area (Å²) in [4.78, 5) is 18.9. The highest BCUT2D eigenvalue weighted by Gasteiger charge is 2.26. The number of aromatic nitrogens is 4. The second-order valence-electron chi connectivity index (χ2n) is 6.89. The maximum Gasteiger partial charge on any atom is 0.318 e. The summed E-state index contributed by atoms with van der Waals surface area (Å²) in [5.41, 5.74) is 4.04. The second kappa shape index (κ2) is 7.97. The summed E-state index contributed by atoms with van der Waals surface area (Å²) in [5.74, 6) is 1.28. The number of nitrogens with one attached hydrogen (secondary N) is 1. The minimum atomic E-state index is 0.342. The largest absolute Gasteiger partial charge is 0.467 e. The minimum Gasteiger partial charge on any atom is -0.467 e. The Bertz CT molecular complexity index is 982. The first-order valence-corrected chi connectivity index (χ1v) is 9.93. The van der Waals surface area contributed by atoms with Gasteiger partial charge in [0.25, 0.3) is 0 Å². The predicted molar refractivity (Wildman–Crippen MR) is 112 cm³/mol. The molecule has 2 aromatic heterocycles. The van der Waals surface area contributed by atoms with Crippen LogP contribution in [0.5, 0.6) is 6.01 Å². The van der Waals surface area contributed by atoms with E-state index >= 15 is 0 Å². The Kier molecular flexibility index (Phi) is 5.42. The summed E-state index contributed by atoms with van der Waals surface area (Å²) in [5, 5.41) is 1.17. The number of methoxy groups -OCH3 is 1. The molecule has 146 valence electrons. The number of piperidine rings is 1. The molecule has 6 nitrogen and oxygen atoms in total. The van der Waals surface area contributed by atoms with Crippen molar-refractivity contribution in [1.82, 2.24) is 19.9 Å². The number of hydrogen-bond acceptors (Lipinski definition) is 5. The third-order valence-corrected chi connectivity index (χ3v) is 5.75. The third-order valence-electron chi connectivity index (χ3n) is 5.20. The molecule has 0 spiro atoms. The summed E-state index contributed by atoms with van der Waals surface area (Å²) in [6, 6.07) is 5.80. The number of imidazole rings is 1. The highest BCUT2D eigenvalue weighted by Crippen LogP contribution is 2.38. The van der Waals surface area contributed by atoms with E-state index in [4.69, 9.17) is 27.9 Å². The highest BCUT2D eigenvalue weighted by atomic mass is 35.5. The van der Waals surface area contributed by atoms with Gasteiger partial charge < -0.3 is 14.6 Å². The SMILES string of the molecule is COc1ncc(-c2ccc(Cl)cc2Cl)c(N2CCC(c3nc[nH]c3C)CC2)n1. The molecule has 28 heavy (non-hydrogen) atoms. The van der Waals surface area contributed by atoms with E-state index in [0.29, 0.717) is 22.0 Å². The lowest BCUT2D eigenvalue weighted by Gasteiger charge is -2.33. The van der Waals surface area contributed by atoms with Crippen LogP contribution in [0.15, 0.2) is 30.7 Å². The summed E-state index contributed by atoms with van der Waals surface area (Å²) in [6.07, 6.45) is 5.55. The van der Waals surface area contributed by atoms with Crippen molar-refractivity contribution in [3.63, 3.8) is 0 Å². The number of anilines is 1. The van der Waals surface area contributed by atoms with Crippen LogP contribution in [-0.4, -0.2) is 40.1 Å². The van der Waals surface area contributed by atoms with E-state index in [1.165, 1.54) is 5.69 Å². The van der Waals surface area contributed by atoms with Crippen LogP contribution in [-0.2, 0) is 0 Å². The topological polar surface area (TPSA) is 66.9 Å². The Balaban J connectivity index is 1.64. The van der Waals surface area contributed by atoms with E-state index in [2.05, 4.69) is 31.8 Å². The van der Waals surface area contributed by atoms with Gasteiger partial charge in [0.05, 0.1) is 24.2 Å². The van der Waals surface area contributed by atoms with Gasteiger partial charge in [0.1, 0.15) is 5.82 Å². The first-order valence-electron chi connectivity index (χ1n) is 9.18. The third kappa shape index (κ3) is 3.66. The number of rotatable bonds is 4. The lowest BCUT2D eigenvalue weighted by Crippen LogP contribution is -2.34. The molecule has 0 amide bonds. The van der Waals surface area contributed by atoms with E-state index in [-0.39, 0.29) is 0 Å². The van der Waals surface area contributed by atoms with Crippen LogP contribution in [0.25, 0.3) is 11.1 Å². The summed E-state index contributed by atoms with van der Waals surface area (Å²) in [6.45, 7) is 3.81. The highest BCUT2D eigenvalue weighted by molar-refractivity contribution is 6.36. The predicted octanol–water partition coefficient (Wildman–Crippen LogP) is 4.87. The number of halogens is 2. The number of H-pyrrole nitrogens is 1. The fraction of sp³-hybridized carbons (Fsp3) is 0.350. The first kappa shape index (κ1) is 19.0. The summed E-state index contributed by atoms with van der Waals surface area (Å²) >= 11 is 12.5. The van der Waals surface area contributed by atoms with E-state index in [1.807, 2.05) is 12.1 Å². The van der Waals surface area contributed by atoms with Crippen molar-refractivity contribution in [2.24, 2.45) is 0 Å². The van der Waals surface area contributed by atoms with Gasteiger partial charge in [-0.15, -0.1) is 0 Å². The van der Waals surface area contributed by atoms with Gasteiger partial charge >= 0.3 is 6.01 Å². The van der Waals surface area contributed by atoms with Crippen molar-refractivity contribution in [3.8, 4) is 17.1 Å². The zero-order valence-corrected chi connectivity index (χ0v) is 17.3. The molecule has 0 unspecified atom stereocenters. The average Bonchev–Trinajstić information content (AvgIpc) is 3.14. The van der Waals surface area contributed by atoms with Crippen LogP contribution >= 0.6 is 23.2 Å². The molecule has 0 radical (unpaired) electrons. The van der Waals surface area contributed by atoms with Crippen molar-refractivity contribution in [1.29, 1.82) is 0 Å². The van der Waals surface area contributed by atoms with Gasteiger partial charge in [-0.1, -0.05) is 29.3 Å².